The second kappa shape index (κ2) is 10.4. The number of benzene rings is 2. The summed E-state index contributed by atoms with van der Waals surface area (Å²) >= 11 is 5.75. The van der Waals surface area contributed by atoms with Gasteiger partial charge in [-0.25, -0.2) is 4.39 Å². The predicted octanol–water partition coefficient (Wildman–Crippen LogP) is 4.28. The molecule has 2 aromatic carbocycles. The number of nitrogens with zero attached hydrogens (tertiary/aromatic N) is 1. The fourth-order valence-electron chi connectivity index (χ4n) is 3.48. The number of piperidine rings is 1. The Hall–Kier alpha value is -2.11. The maximum Gasteiger partial charge on any atom is 0.223 e. The van der Waals surface area contributed by atoms with Crippen molar-refractivity contribution >= 4 is 17.5 Å². The third-order valence-corrected chi connectivity index (χ3v) is 5.23. The molecule has 0 saturated carbocycles. The molecule has 0 aromatic heterocycles. The van der Waals surface area contributed by atoms with Crippen LogP contribution in [-0.2, 0) is 11.3 Å². The SMILES string of the molecule is O=C(CCOc1ccccc1)NCC1CCCN(Cc2ccc(Cl)c(F)c2)C1. The third-order valence-electron chi connectivity index (χ3n) is 4.92. The van der Waals surface area contributed by atoms with E-state index >= 15 is 0 Å². The molecule has 28 heavy (non-hydrogen) atoms. The summed E-state index contributed by atoms with van der Waals surface area (Å²) in [4.78, 5) is 14.4. The first kappa shape index (κ1) is 20.6. The van der Waals surface area contributed by atoms with Crippen LogP contribution >= 0.6 is 11.6 Å². The molecule has 0 bridgehead atoms. The fraction of sp³-hybridized carbons (Fsp3) is 0.409. The van der Waals surface area contributed by atoms with Gasteiger partial charge in [0.05, 0.1) is 18.1 Å². The van der Waals surface area contributed by atoms with Crippen LogP contribution in [0.15, 0.2) is 48.5 Å². The highest BCUT2D eigenvalue weighted by Crippen LogP contribution is 2.21. The molecule has 1 saturated heterocycles. The Kier molecular flexibility index (Phi) is 7.69. The summed E-state index contributed by atoms with van der Waals surface area (Å²) in [6, 6.07) is 14.5. The van der Waals surface area contributed by atoms with E-state index in [2.05, 4.69) is 10.2 Å². The van der Waals surface area contributed by atoms with E-state index in [1.807, 2.05) is 36.4 Å². The summed E-state index contributed by atoms with van der Waals surface area (Å²) in [5.41, 5.74) is 0.921. The Bertz CT molecular complexity index is 772. The van der Waals surface area contributed by atoms with Gasteiger partial charge in [0.2, 0.25) is 5.91 Å². The summed E-state index contributed by atoms with van der Waals surface area (Å²) in [5, 5.41) is 3.17. The van der Waals surface area contributed by atoms with Gasteiger partial charge in [-0.15, -0.1) is 0 Å². The number of hydrogen-bond acceptors (Lipinski definition) is 3. The van der Waals surface area contributed by atoms with Crippen LogP contribution in [0.1, 0.15) is 24.8 Å². The van der Waals surface area contributed by atoms with Gasteiger partial charge in [-0.1, -0.05) is 35.9 Å². The maximum absolute atomic E-state index is 13.6. The topological polar surface area (TPSA) is 41.6 Å². The van der Waals surface area contributed by atoms with Crippen molar-refractivity contribution in [2.45, 2.75) is 25.8 Å². The van der Waals surface area contributed by atoms with Crippen LogP contribution < -0.4 is 10.1 Å². The molecule has 1 N–H and O–H groups in total. The predicted molar refractivity (Wildman–Crippen MR) is 109 cm³/mol. The van der Waals surface area contributed by atoms with Gasteiger partial charge in [-0.05, 0) is 55.1 Å². The quantitative estimate of drug-likeness (QED) is 0.714. The molecule has 1 atom stereocenters. The second-order valence-corrected chi connectivity index (χ2v) is 7.61. The van der Waals surface area contributed by atoms with Gasteiger partial charge >= 0.3 is 0 Å². The van der Waals surface area contributed by atoms with Crippen LogP contribution in [0, 0.1) is 11.7 Å². The van der Waals surface area contributed by atoms with Crippen LogP contribution in [-0.4, -0.2) is 37.0 Å². The van der Waals surface area contributed by atoms with Crippen molar-refractivity contribution in [3.8, 4) is 5.75 Å². The zero-order valence-electron chi connectivity index (χ0n) is 15.9. The van der Waals surface area contributed by atoms with E-state index in [4.69, 9.17) is 16.3 Å². The summed E-state index contributed by atoms with van der Waals surface area (Å²) < 4.78 is 19.2. The van der Waals surface area contributed by atoms with Gasteiger partial charge in [0.15, 0.2) is 0 Å². The third kappa shape index (κ3) is 6.50. The molecule has 150 valence electrons. The average molecular weight is 405 g/mol. The Morgan fingerprint density at radius 2 is 2.07 bits per heavy atom. The van der Waals surface area contributed by atoms with Crippen molar-refractivity contribution in [3.05, 3.63) is 64.9 Å². The normalized spacial score (nSPS) is 17.3. The fourth-order valence-corrected chi connectivity index (χ4v) is 3.60. The Morgan fingerprint density at radius 1 is 1.25 bits per heavy atom. The summed E-state index contributed by atoms with van der Waals surface area (Å²) in [5.74, 6) is 0.812. The largest absolute Gasteiger partial charge is 0.493 e. The first-order valence-corrected chi connectivity index (χ1v) is 10.1. The van der Waals surface area contributed by atoms with E-state index in [1.54, 1.807) is 6.07 Å². The molecule has 2 aromatic rings. The van der Waals surface area contributed by atoms with Gasteiger partial charge in [-0.2, -0.15) is 0 Å². The highest BCUT2D eigenvalue weighted by molar-refractivity contribution is 6.30. The van der Waals surface area contributed by atoms with Crippen molar-refractivity contribution < 1.29 is 13.9 Å². The van der Waals surface area contributed by atoms with E-state index in [0.29, 0.717) is 32.0 Å². The average Bonchev–Trinajstić information content (AvgIpc) is 2.70. The number of hydrogen-bond donors (Lipinski definition) is 1. The van der Waals surface area contributed by atoms with E-state index in [1.165, 1.54) is 6.07 Å². The Labute approximate surface area is 170 Å². The number of carbonyl (C=O) groups is 1. The molecule has 0 aliphatic carbocycles. The van der Waals surface area contributed by atoms with Crippen molar-refractivity contribution in [1.29, 1.82) is 0 Å². The minimum Gasteiger partial charge on any atom is -0.493 e. The Balaban J connectivity index is 1.37. The summed E-state index contributed by atoms with van der Waals surface area (Å²) in [6.07, 6.45) is 2.51. The maximum atomic E-state index is 13.6. The lowest BCUT2D eigenvalue weighted by Crippen LogP contribution is -2.40. The van der Waals surface area contributed by atoms with Crippen LogP contribution in [0.25, 0.3) is 0 Å². The van der Waals surface area contributed by atoms with Crippen LogP contribution in [0.3, 0.4) is 0 Å². The zero-order valence-corrected chi connectivity index (χ0v) is 16.6. The van der Waals surface area contributed by atoms with E-state index < -0.39 is 0 Å². The van der Waals surface area contributed by atoms with Gasteiger partial charge in [-0.3, -0.25) is 9.69 Å². The molecule has 6 heteroatoms. The lowest BCUT2D eigenvalue weighted by Gasteiger charge is -2.32. The second-order valence-electron chi connectivity index (χ2n) is 7.21. The number of rotatable bonds is 8. The standard InChI is InChI=1S/C22H26ClFN2O2/c23-20-9-8-17(13-21(20)24)15-26-11-4-5-18(16-26)14-25-22(27)10-12-28-19-6-2-1-3-7-19/h1-3,6-9,13,18H,4-5,10-12,14-16H2,(H,25,27). The van der Waals surface area contributed by atoms with Crippen molar-refractivity contribution in [2.75, 3.05) is 26.2 Å². The number of likely N-dealkylation sites (tertiary alicyclic amines) is 1. The van der Waals surface area contributed by atoms with Crippen molar-refractivity contribution in [3.63, 3.8) is 0 Å². The van der Waals surface area contributed by atoms with Gasteiger partial charge in [0.1, 0.15) is 11.6 Å². The first-order valence-electron chi connectivity index (χ1n) is 9.71. The van der Waals surface area contributed by atoms with Crippen LogP contribution in [0.4, 0.5) is 4.39 Å². The number of amides is 1. The zero-order chi connectivity index (χ0) is 19.8. The minimum atomic E-state index is -0.377. The van der Waals surface area contributed by atoms with Crippen molar-refractivity contribution in [1.82, 2.24) is 10.2 Å². The number of nitrogens with one attached hydrogen (secondary N) is 1. The number of carbonyl (C=O) groups excluding carboxylic acids is 1. The van der Waals surface area contributed by atoms with Crippen LogP contribution in [0.2, 0.25) is 5.02 Å². The molecule has 0 spiro atoms. The smallest absolute Gasteiger partial charge is 0.223 e. The van der Waals surface area contributed by atoms with Gasteiger partial charge < -0.3 is 10.1 Å². The van der Waals surface area contributed by atoms with Gasteiger partial charge in [0, 0.05) is 19.6 Å². The molecule has 1 fully saturated rings. The molecule has 4 nitrogen and oxygen atoms in total. The molecule has 1 unspecified atom stereocenters. The van der Waals surface area contributed by atoms with Crippen LogP contribution in [0.5, 0.6) is 5.75 Å². The molecule has 1 aliphatic heterocycles. The van der Waals surface area contributed by atoms with E-state index in [9.17, 15) is 9.18 Å². The molecule has 1 aliphatic rings. The minimum absolute atomic E-state index is 0.00725. The number of ether oxygens (including phenoxy) is 1. The molecule has 1 amide bonds. The molecule has 3 rings (SSSR count). The molecular weight excluding hydrogens is 379 g/mol. The highest BCUT2D eigenvalue weighted by atomic mass is 35.5. The number of halogens is 2. The summed E-state index contributed by atoms with van der Waals surface area (Å²) in [6.45, 7) is 3.61. The van der Waals surface area contributed by atoms with E-state index in [-0.39, 0.29) is 16.7 Å². The molecular formula is C22H26ClFN2O2. The monoisotopic (exact) mass is 404 g/mol. The first-order chi connectivity index (χ1) is 13.6. The highest BCUT2D eigenvalue weighted by Gasteiger charge is 2.20. The van der Waals surface area contributed by atoms with E-state index in [0.717, 1.165) is 37.2 Å². The Morgan fingerprint density at radius 3 is 2.86 bits per heavy atom. The lowest BCUT2D eigenvalue weighted by molar-refractivity contribution is -0.121. The molecule has 0 radical (unpaired) electrons. The summed E-state index contributed by atoms with van der Waals surface area (Å²) in [7, 11) is 0. The molecule has 1 heterocycles. The van der Waals surface area contributed by atoms with Gasteiger partial charge in [0.25, 0.3) is 0 Å². The number of para-hydroxylation sites is 1. The lowest BCUT2D eigenvalue weighted by atomic mass is 9.97. The van der Waals surface area contributed by atoms with Crippen molar-refractivity contribution in [2.24, 2.45) is 5.92 Å².